The molecule has 10 heteroatoms. The molecule has 0 atom stereocenters. The van der Waals surface area contributed by atoms with Gasteiger partial charge in [0.15, 0.2) is 5.82 Å². The molecule has 0 aliphatic rings. The molecular formula is C27H34N6O4. The number of carbonyl (C=O) groups excluding carboxylic acids is 1. The third kappa shape index (κ3) is 10.0. The minimum absolute atomic E-state index is 0.267. The van der Waals surface area contributed by atoms with Crippen LogP contribution in [0.5, 0.6) is 5.75 Å². The molecule has 1 aromatic heterocycles. The summed E-state index contributed by atoms with van der Waals surface area (Å²) in [7, 11) is 1.62. The van der Waals surface area contributed by atoms with Crippen molar-refractivity contribution < 1.29 is 19.0 Å². The molecule has 1 heterocycles. The number of nitrogens with one attached hydrogen (secondary N) is 3. The van der Waals surface area contributed by atoms with Crippen LogP contribution in [-0.2, 0) is 9.47 Å². The summed E-state index contributed by atoms with van der Waals surface area (Å²) in [5.41, 5.74) is 1.56. The highest BCUT2D eigenvalue weighted by Gasteiger charge is 2.16. The first-order chi connectivity index (χ1) is 17.8. The summed E-state index contributed by atoms with van der Waals surface area (Å²) in [6, 6.07) is 16.4. The van der Waals surface area contributed by atoms with Gasteiger partial charge in [0.25, 0.3) is 0 Å². The Morgan fingerprint density at radius 3 is 2.35 bits per heavy atom. The van der Waals surface area contributed by atoms with Crippen LogP contribution in [0.15, 0.2) is 54.7 Å². The fourth-order valence-corrected chi connectivity index (χ4v) is 2.86. The predicted molar refractivity (Wildman–Crippen MR) is 145 cm³/mol. The maximum Gasteiger partial charge on any atom is 0.412 e. The van der Waals surface area contributed by atoms with Crippen LogP contribution < -0.4 is 20.7 Å². The monoisotopic (exact) mass is 506 g/mol. The summed E-state index contributed by atoms with van der Waals surface area (Å²) < 4.78 is 15.8. The number of anilines is 5. The molecule has 0 aliphatic carbocycles. The zero-order valence-corrected chi connectivity index (χ0v) is 22.1. The number of aromatic nitrogens is 2. The maximum absolute atomic E-state index is 12.1. The quantitative estimate of drug-likeness (QED) is 0.289. The molecule has 2 aromatic carbocycles. The van der Waals surface area contributed by atoms with Crippen LogP contribution in [0, 0.1) is 11.3 Å². The van der Waals surface area contributed by atoms with E-state index < -0.39 is 11.7 Å². The van der Waals surface area contributed by atoms with E-state index in [4.69, 9.17) is 14.2 Å². The standard InChI is InChI=1S/C25H28N6O4.C2H6/c1-25(2,3)35-24(32)30-20-7-5-6-19(14-20)28-22-17(15-26)16-27-23(31-22)29-18-8-10-21(11-9-18)34-13-12-33-4;1-2/h5-11,14,16H,12-13H2,1-4H3,(H,30,32)(H2,27,28,29,31);1-2H3. The fourth-order valence-electron chi connectivity index (χ4n) is 2.86. The molecule has 196 valence electrons. The van der Waals surface area contributed by atoms with Gasteiger partial charge in [-0.3, -0.25) is 5.32 Å². The van der Waals surface area contributed by atoms with Crippen LogP contribution in [0.1, 0.15) is 40.2 Å². The van der Waals surface area contributed by atoms with E-state index in [0.717, 1.165) is 11.4 Å². The molecule has 0 aliphatic heterocycles. The van der Waals surface area contributed by atoms with Gasteiger partial charge in [-0.15, -0.1) is 0 Å². The summed E-state index contributed by atoms with van der Waals surface area (Å²) in [6.45, 7) is 10.3. The number of rotatable bonds is 9. The Labute approximate surface area is 218 Å². The van der Waals surface area contributed by atoms with Gasteiger partial charge in [0.2, 0.25) is 5.95 Å². The highest BCUT2D eigenvalue weighted by molar-refractivity contribution is 5.86. The molecule has 3 aromatic rings. The molecule has 1 amide bonds. The van der Waals surface area contributed by atoms with Crippen LogP contribution in [0.3, 0.4) is 0 Å². The number of hydrogen-bond donors (Lipinski definition) is 3. The largest absolute Gasteiger partial charge is 0.491 e. The van der Waals surface area contributed by atoms with Crippen molar-refractivity contribution in [1.82, 2.24) is 9.97 Å². The molecule has 37 heavy (non-hydrogen) atoms. The second-order valence-electron chi connectivity index (χ2n) is 8.39. The lowest BCUT2D eigenvalue weighted by Crippen LogP contribution is -2.27. The first-order valence-electron chi connectivity index (χ1n) is 11.9. The summed E-state index contributed by atoms with van der Waals surface area (Å²) in [5.74, 6) is 1.34. The summed E-state index contributed by atoms with van der Waals surface area (Å²) in [6.07, 6.45) is 0.874. The maximum atomic E-state index is 12.1. The first-order valence-corrected chi connectivity index (χ1v) is 11.9. The molecule has 10 nitrogen and oxygen atoms in total. The van der Waals surface area contributed by atoms with Gasteiger partial charge in [-0.25, -0.2) is 9.78 Å². The first kappa shape index (κ1) is 28.9. The summed E-state index contributed by atoms with van der Waals surface area (Å²) in [4.78, 5) is 20.7. The van der Waals surface area contributed by atoms with Crippen molar-refractivity contribution in [1.29, 1.82) is 5.26 Å². The van der Waals surface area contributed by atoms with Crippen LogP contribution in [0.2, 0.25) is 0 Å². The normalized spacial score (nSPS) is 10.3. The lowest BCUT2D eigenvalue weighted by atomic mass is 10.2. The number of ether oxygens (including phenoxy) is 3. The number of nitrogens with zero attached hydrogens (tertiary/aromatic N) is 3. The second kappa shape index (κ2) is 14.3. The number of amides is 1. The Kier molecular flexibility index (Phi) is 11.1. The van der Waals surface area contributed by atoms with Crippen molar-refractivity contribution in [3.05, 3.63) is 60.3 Å². The van der Waals surface area contributed by atoms with Crippen molar-refractivity contribution in [3.63, 3.8) is 0 Å². The van der Waals surface area contributed by atoms with Crippen LogP contribution in [0.4, 0.5) is 33.6 Å². The van der Waals surface area contributed by atoms with Gasteiger partial charge < -0.3 is 24.8 Å². The molecule has 3 rings (SSSR count). The Morgan fingerprint density at radius 1 is 1.00 bits per heavy atom. The van der Waals surface area contributed by atoms with Crippen molar-refractivity contribution in [2.45, 2.75) is 40.2 Å². The van der Waals surface area contributed by atoms with Crippen molar-refractivity contribution in [2.75, 3.05) is 36.3 Å². The average Bonchev–Trinajstić information content (AvgIpc) is 2.86. The highest BCUT2D eigenvalue weighted by Crippen LogP contribution is 2.24. The molecule has 0 fully saturated rings. The van der Waals surface area contributed by atoms with Crippen LogP contribution >= 0.6 is 0 Å². The van der Waals surface area contributed by atoms with Crippen molar-refractivity contribution in [3.8, 4) is 11.8 Å². The number of nitriles is 1. The van der Waals surface area contributed by atoms with Gasteiger partial charge in [0, 0.05) is 24.2 Å². The number of carbonyl (C=O) groups is 1. The zero-order valence-electron chi connectivity index (χ0n) is 22.1. The van der Waals surface area contributed by atoms with Crippen LogP contribution in [0.25, 0.3) is 0 Å². The molecule has 0 unspecified atom stereocenters. The Balaban J connectivity index is 0.00000235. The van der Waals surface area contributed by atoms with Gasteiger partial charge >= 0.3 is 6.09 Å². The smallest absolute Gasteiger partial charge is 0.412 e. The molecule has 0 radical (unpaired) electrons. The molecular weight excluding hydrogens is 472 g/mol. The summed E-state index contributed by atoms with van der Waals surface area (Å²) in [5, 5.41) is 18.4. The SMILES string of the molecule is CC.COCCOc1ccc(Nc2ncc(C#N)c(Nc3cccc(NC(=O)OC(C)(C)C)c3)n2)cc1. The summed E-state index contributed by atoms with van der Waals surface area (Å²) >= 11 is 0. The van der Waals surface area contributed by atoms with Crippen LogP contribution in [-0.4, -0.2) is 42.0 Å². The van der Waals surface area contributed by atoms with E-state index in [9.17, 15) is 10.1 Å². The number of benzene rings is 2. The van der Waals surface area contributed by atoms with Gasteiger partial charge in [-0.1, -0.05) is 19.9 Å². The van der Waals surface area contributed by atoms with Gasteiger partial charge in [0.05, 0.1) is 12.8 Å². The third-order valence-corrected chi connectivity index (χ3v) is 4.35. The van der Waals surface area contributed by atoms with E-state index in [1.807, 2.05) is 38.1 Å². The van der Waals surface area contributed by atoms with E-state index >= 15 is 0 Å². The minimum Gasteiger partial charge on any atom is -0.491 e. The topological polar surface area (TPSA) is 130 Å². The van der Waals surface area contributed by atoms with Gasteiger partial charge in [0.1, 0.15) is 29.6 Å². The predicted octanol–water partition coefficient (Wildman–Crippen LogP) is 6.23. The third-order valence-electron chi connectivity index (χ3n) is 4.35. The fraction of sp³-hybridized carbons (Fsp3) is 0.333. The van der Waals surface area contributed by atoms with E-state index in [-0.39, 0.29) is 5.56 Å². The number of hydrogen-bond acceptors (Lipinski definition) is 9. The molecule has 0 spiro atoms. The van der Waals surface area contributed by atoms with Crippen molar-refractivity contribution >= 4 is 34.9 Å². The lowest BCUT2D eigenvalue weighted by molar-refractivity contribution is 0.0636. The average molecular weight is 507 g/mol. The minimum atomic E-state index is -0.608. The van der Waals surface area contributed by atoms with E-state index in [0.29, 0.717) is 36.4 Å². The zero-order chi connectivity index (χ0) is 27.3. The Hall–Kier alpha value is -4.36. The molecule has 0 bridgehead atoms. The van der Waals surface area contributed by atoms with Gasteiger partial charge in [-0.2, -0.15) is 10.2 Å². The van der Waals surface area contributed by atoms with E-state index in [2.05, 4.69) is 32.0 Å². The lowest BCUT2D eigenvalue weighted by Gasteiger charge is -2.19. The van der Waals surface area contributed by atoms with E-state index in [1.165, 1.54) is 6.20 Å². The molecule has 3 N–H and O–H groups in total. The Morgan fingerprint density at radius 2 is 1.70 bits per heavy atom. The molecule has 0 saturated carbocycles. The van der Waals surface area contributed by atoms with Crippen molar-refractivity contribution in [2.24, 2.45) is 0 Å². The Bertz CT molecular complexity index is 1190. The van der Waals surface area contributed by atoms with E-state index in [1.54, 1.807) is 52.1 Å². The second-order valence-corrected chi connectivity index (χ2v) is 8.39. The number of methoxy groups -OCH3 is 1. The van der Waals surface area contributed by atoms with Gasteiger partial charge in [-0.05, 0) is 63.2 Å². The highest BCUT2D eigenvalue weighted by atomic mass is 16.6. The molecule has 0 saturated heterocycles.